The summed E-state index contributed by atoms with van der Waals surface area (Å²) in [4.78, 5) is 2.88. The summed E-state index contributed by atoms with van der Waals surface area (Å²) in [5.41, 5.74) is -0.0179. The number of hydrogen-bond acceptors (Lipinski definition) is 5. The van der Waals surface area contributed by atoms with Crippen molar-refractivity contribution >= 4 is 15.7 Å². The van der Waals surface area contributed by atoms with Gasteiger partial charge in [-0.1, -0.05) is 0 Å². The van der Waals surface area contributed by atoms with Crippen molar-refractivity contribution in [2.75, 3.05) is 18.9 Å². The van der Waals surface area contributed by atoms with E-state index in [0.29, 0.717) is 6.07 Å². The Morgan fingerprint density at radius 1 is 1.09 bits per heavy atom. The van der Waals surface area contributed by atoms with E-state index in [0.717, 1.165) is 13.2 Å². The average Bonchev–Trinajstić information content (AvgIpc) is 2.49. The first kappa shape index (κ1) is 16.0. The SMILES string of the molecule is COc1ncccc1NS(=O)(=O)c1c(F)ccc(F)c1OC. The first-order chi connectivity index (χ1) is 10.4. The number of sulfonamides is 1. The Balaban J connectivity index is 2.55. The first-order valence-electron chi connectivity index (χ1n) is 5.94. The second-order valence-corrected chi connectivity index (χ2v) is 5.68. The lowest BCUT2D eigenvalue weighted by Gasteiger charge is -2.14. The minimum Gasteiger partial charge on any atom is -0.492 e. The number of rotatable bonds is 5. The Kier molecular flexibility index (Phi) is 4.45. The molecule has 0 amide bonds. The molecule has 118 valence electrons. The summed E-state index contributed by atoms with van der Waals surface area (Å²) in [6.07, 6.45) is 1.39. The van der Waals surface area contributed by atoms with Gasteiger partial charge in [-0.05, 0) is 24.3 Å². The van der Waals surface area contributed by atoms with Gasteiger partial charge in [0.05, 0.1) is 14.2 Å². The van der Waals surface area contributed by atoms with E-state index in [2.05, 4.69) is 14.4 Å². The summed E-state index contributed by atoms with van der Waals surface area (Å²) in [5.74, 6) is -2.87. The minimum atomic E-state index is -4.45. The van der Waals surface area contributed by atoms with Gasteiger partial charge in [-0.25, -0.2) is 22.2 Å². The lowest BCUT2D eigenvalue weighted by atomic mass is 10.3. The first-order valence-corrected chi connectivity index (χ1v) is 7.43. The number of hydrogen-bond donors (Lipinski definition) is 1. The van der Waals surface area contributed by atoms with Crippen molar-refractivity contribution in [1.29, 1.82) is 0 Å². The van der Waals surface area contributed by atoms with E-state index in [1.165, 1.54) is 25.4 Å². The van der Waals surface area contributed by atoms with Crippen LogP contribution in [0.3, 0.4) is 0 Å². The van der Waals surface area contributed by atoms with Crippen LogP contribution in [0.1, 0.15) is 0 Å². The fourth-order valence-corrected chi connectivity index (χ4v) is 3.08. The summed E-state index contributed by atoms with van der Waals surface area (Å²) in [5, 5.41) is 0. The number of pyridine rings is 1. The fraction of sp³-hybridized carbons (Fsp3) is 0.154. The summed E-state index contributed by atoms with van der Waals surface area (Å²) >= 11 is 0. The second-order valence-electron chi connectivity index (χ2n) is 4.06. The van der Waals surface area contributed by atoms with Crippen molar-refractivity contribution in [3.63, 3.8) is 0 Å². The Labute approximate surface area is 125 Å². The van der Waals surface area contributed by atoms with Gasteiger partial charge in [-0.3, -0.25) is 4.72 Å². The van der Waals surface area contributed by atoms with E-state index in [9.17, 15) is 17.2 Å². The number of benzene rings is 1. The van der Waals surface area contributed by atoms with Crippen LogP contribution in [0.2, 0.25) is 0 Å². The molecule has 1 aromatic heterocycles. The van der Waals surface area contributed by atoms with Gasteiger partial charge >= 0.3 is 0 Å². The molecule has 0 bridgehead atoms. The van der Waals surface area contributed by atoms with Crippen LogP contribution < -0.4 is 14.2 Å². The number of ether oxygens (including phenoxy) is 2. The molecule has 0 saturated heterocycles. The second kappa shape index (κ2) is 6.14. The molecule has 0 aliphatic heterocycles. The monoisotopic (exact) mass is 330 g/mol. The molecule has 6 nitrogen and oxygen atoms in total. The van der Waals surface area contributed by atoms with Crippen LogP contribution >= 0.6 is 0 Å². The number of aromatic nitrogens is 1. The quantitative estimate of drug-likeness (QED) is 0.909. The average molecular weight is 330 g/mol. The smallest absolute Gasteiger partial charge is 0.268 e. The molecule has 1 N–H and O–H groups in total. The predicted octanol–water partition coefficient (Wildman–Crippen LogP) is 2.18. The highest BCUT2D eigenvalue weighted by atomic mass is 32.2. The van der Waals surface area contributed by atoms with Crippen LogP contribution in [0.4, 0.5) is 14.5 Å². The Morgan fingerprint density at radius 2 is 1.77 bits per heavy atom. The lowest BCUT2D eigenvalue weighted by Crippen LogP contribution is -2.17. The van der Waals surface area contributed by atoms with Crippen LogP contribution in [-0.2, 0) is 10.0 Å². The molecule has 0 aliphatic rings. The van der Waals surface area contributed by atoms with Crippen LogP contribution in [0.15, 0.2) is 35.4 Å². The summed E-state index contributed by atoms with van der Waals surface area (Å²) in [6.45, 7) is 0. The van der Waals surface area contributed by atoms with Crippen molar-refractivity contribution in [1.82, 2.24) is 4.98 Å². The van der Waals surface area contributed by atoms with Crippen molar-refractivity contribution in [2.45, 2.75) is 4.90 Å². The maximum Gasteiger partial charge on any atom is 0.268 e. The number of nitrogens with one attached hydrogen (secondary N) is 1. The standard InChI is InChI=1S/C13H12F2N2O4S/c1-20-11-8(14)5-6-9(15)12(11)22(18,19)17-10-4-3-7-16-13(10)21-2/h3-7,17H,1-2H3. The van der Waals surface area contributed by atoms with E-state index in [4.69, 9.17) is 4.74 Å². The number of nitrogens with zero attached hydrogens (tertiary/aromatic N) is 1. The van der Waals surface area contributed by atoms with Gasteiger partial charge in [0.1, 0.15) is 11.5 Å². The van der Waals surface area contributed by atoms with Gasteiger partial charge in [0.2, 0.25) is 5.88 Å². The highest BCUT2D eigenvalue weighted by Crippen LogP contribution is 2.32. The molecule has 0 fully saturated rings. The molecule has 0 atom stereocenters. The minimum absolute atomic E-state index is 0.0122. The fourth-order valence-electron chi connectivity index (χ4n) is 1.78. The number of anilines is 1. The Bertz CT molecular complexity index is 797. The molecule has 0 saturated carbocycles. The molecule has 2 aromatic rings. The molecule has 0 unspecified atom stereocenters. The van der Waals surface area contributed by atoms with E-state index in [1.54, 1.807) is 0 Å². The van der Waals surface area contributed by atoms with Gasteiger partial charge in [0.15, 0.2) is 16.5 Å². The third kappa shape index (κ3) is 2.93. The zero-order chi connectivity index (χ0) is 16.3. The molecular formula is C13H12F2N2O4S. The third-order valence-corrected chi connectivity index (χ3v) is 4.10. The van der Waals surface area contributed by atoms with Gasteiger partial charge in [-0.15, -0.1) is 0 Å². The molecule has 1 heterocycles. The van der Waals surface area contributed by atoms with E-state index in [1.807, 2.05) is 0 Å². The van der Waals surface area contributed by atoms with Gasteiger partial charge < -0.3 is 9.47 Å². The van der Waals surface area contributed by atoms with Crippen molar-refractivity contribution in [2.24, 2.45) is 0 Å². The molecule has 0 radical (unpaired) electrons. The maximum atomic E-state index is 13.9. The van der Waals surface area contributed by atoms with Crippen molar-refractivity contribution in [3.05, 3.63) is 42.1 Å². The molecule has 22 heavy (non-hydrogen) atoms. The molecule has 1 aromatic carbocycles. The van der Waals surface area contributed by atoms with Crippen LogP contribution in [0.25, 0.3) is 0 Å². The summed E-state index contributed by atoms with van der Waals surface area (Å²) in [7, 11) is -2.11. The van der Waals surface area contributed by atoms with Gasteiger partial charge in [-0.2, -0.15) is 0 Å². The van der Waals surface area contributed by atoms with Crippen LogP contribution in [0.5, 0.6) is 11.6 Å². The molecule has 9 heteroatoms. The Morgan fingerprint density at radius 3 is 2.41 bits per heavy atom. The maximum absolute atomic E-state index is 13.9. The van der Waals surface area contributed by atoms with E-state index in [-0.39, 0.29) is 11.6 Å². The zero-order valence-electron chi connectivity index (χ0n) is 11.6. The van der Waals surface area contributed by atoms with Crippen LogP contribution in [0, 0.1) is 11.6 Å². The normalized spacial score (nSPS) is 11.1. The topological polar surface area (TPSA) is 77.5 Å². The van der Waals surface area contributed by atoms with Gasteiger partial charge in [0.25, 0.3) is 10.0 Å². The van der Waals surface area contributed by atoms with Crippen LogP contribution in [-0.4, -0.2) is 27.6 Å². The third-order valence-electron chi connectivity index (χ3n) is 2.70. The highest BCUT2D eigenvalue weighted by molar-refractivity contribution is 7.92. The summed E-state index contributed by atoms with van der Waals surface area (Å²) in [6, 6.07) is 4.30. The van der Waals surface area contributed by atoms with Crippen molar-refractivity contribution in [3.8, 4) is 11.6 Å². The predicted molar refractivity (Wildman–Crippen MR) is 74.5 cm³/mol. The zero-order valence-corrected chi connectivity index (χ0v) is 12.4. The number of methoxy groups -OCH3 is 2. The molecule has 2 rings (SSSR count). The van der Waals surface area contributed by atoms with E-state index >= 15 is 0 Å². The highest BCUT2D eigenvalue weighted by Gasteiger charge is 2.28. The molecule has 0 aliphatic carbocycles. The number of halogens is 2. The Hall–Kier alpha value is -2.42. The van der Waals surface area contributed by atoms with Crippen molar-refractivity contribution < 1.29 is 26.7 Å². The molecule has 0 spiro atoms. The largest absolute Gasteiger partial charge is 0.492 e. The molecular weight excluding hydrogens is 318 g/mol. The van der Waals surface area contributed by atoms with Gasteiger partial charge in [0, 0.05) is 6.20 Å². The summed E-state index contributed by atoms with van der Waals surface area (Å²) < 4.78 is 63.8. The van der Waals surface area contributed by atoms with E-state index < -0.39 is 32.3 Å². The lowest BCUT2D eigenvalue weighted by molar-refractivity contribution is 0.366.